The van der Waals surface area contributed by atoms with Gasteiger partial charge >= 0.3 is 0 Å². The lowest BCUT2D eigenvalue weighted by molar-refractivity contribution is 0.187. The predicted molar refractivity (Wildman–Crippen MR) is 89.8 cm³/mol. The van der Waals surface area contributed by atoms with Gasteiger partial charge in [-0.2, -0.15) is 0 Å². The number of imidazole rings is 1. The number of hydrogen-bond acceptors (Lipinski definition) is 3. The third-order valence-corrected chi connectivity index (χ3v) is 4.43. The molecule has 1 saturated heterocycles. The maximum atomic E-state index is 4.10. The second kappa shape index (κ2) is 8.11. The maximum absolute atomic E-state index is 4.10. The number of piperazine rings is 1. The van der Waals surface area contributed by atoms with E-state index in [4.69, 9.17) is 0 Å². The Hall–Kier alpha value is -1.65. The SMILES string of the molecule is c1ccc(CCCC2CN(CCn3ccnc3)CCN2)cc1. The van der Waals surface area contributed by atoms with Gasteiger partial charge in [-0.3, -0.25) is 4.90 Å². The Bertz CT molecular complexity index is 523. The molecule has 1 aliphatic heterocycles. The minimum Gasteiger partial charge on any atom is -0.336 e. The van der Waals surface area contributed by atoms with Crippen LogP contribution in [0.25, 0.3) is 0 Å². The van der Waals surface area contributed by atoms with Crippen molar-refractivity contribution in [3.63, 3.8) is 0 Å². The lowest BCUT2D eigenvalue weighted by atomic mass is 10.0. The van der Waals surface area contributed by atoms with Crippen LogP contribution in [0.4, 0.5) is 0 Å². The molecule has 2 aromatic rings. The molecule has 1 N–H and O–H groups in total. The normalized spacial score (nSPS) is 19.4. The highest BCUT2D eigenvalue weighted by atomic mass is 15.2. The fourth-order valence-electron chi connectivity index (χ4n) is 3.16. The van der Waals surface area contributed by atoms with Crippen LogP contribution in [-0.2, 0) is 13.0 Å². The summed E-state index contributed by atoms with van der Waals surface area (Å²) in [5.74, 6) is 0. The van der Waals surface area contributed by atoms with Gasteiger partial charge in [-0.05, 0) is 24.8 Å². The molecule has 0 bridgehead atoms. The molecule has 1 atom stereocenters. The Labute approximate surface area is 133 Å². The van der Waals surface area contributed by atoms with Crippen molar-refractivity contribution in [3.05, 3.63) is 54.6 Å². The van der Waals surface area contributed by atoms with E-state index in [-0.39, 0.29) is 0 Å². The summed E-state index contributed by atoms with van der Waals surface area (Å²) in [6.45, 7) is 5.59. The molecule has 0 radical (unpaired) electrons. The molecule has 3 rings (SSSR count). The summed E-state index contributed by atoms with van der Waals surface area (Å²) in [5, 5.41) is 3.67. The molecule has 0 spiro atoms. The molecule has 1 fully saturated rings. The second-order valence-corrected chi connectivity index (χ2v) is 6.13. The summed E-state index contributed by atoms with van der Waals surface area (Å²) in [4.78, 5) is 6.68. The van der Waals surface area contributed by atoms with E-state index in [1.807, 2.05) is 18.7 Å². The molecule has 0 amide bonds. The first kappa shape index (κ1) is 15.3. The average molecular weight is 298 g/mol. The smallest absolute Gasteiger partial charge is 0.0946 e. The highest BCUT2D eigenvalue weighted by Crippen LogP contribution is 2.10. The fraction of sp³-hybridized carbons (Fsp3) is 0.500. The lowest BCUT2D eigenvalue weighted by Crippen LogP contribution is -2.51. The van der Waals surface area contributed by atoms with Crippen LogP contribution in [0, 0.1) is 0 Å². The van der Waals surface area contributed by atoms with E-state index < -0.39 is 0 Å². The summed E-state index contributed by atoms with van der Waals surface area (Å²) in [7, 11) is 0. The summed E-state index contributed by atoms with van der Waals surface area (Å²) >= 11 is 0. The van der Waals surface area contributed by atoms with Gasteiger partial charge < -0.3 is 9.88 Å². The van der Waals surface area contributed by atoms with E-state index >= 15 is 0 Å². The molecule has 1 aromatic carbocycles. The number of aromatic nitrogens is 2. The van der Waals surface area contributed by atoms with E-state index in [1.165, 1.54) is 31.4 Å². The van der Waals surface area contributed by atoms with Gasteiger partial charge in [-0.25, -0.2) is 4.98 Å². The molecule has 4 heteroatoms. The van der Waals surface area contributed by atoms with Crippen LogP contribution in [0.2, 0.25) is 0 Å². The van der Waals surface area contributed by atoms with Gasteiger partial charge in [0, 0.05) is 51.2 Å². The zero-order valence-electron chi connectivity index (χ0n) is 13.2. The van der Waals surface area contributed by atoms with E-state index in [2.05, 4.69) is 50.1 Å². The quantitative estimate of drug-likeness (QED) is 0.850. The van der Waals surface area contributed by atoms with Crippen molar-refractivity contribution in [1.82, 2.24) is 19.8 Å². The summed E-state index contributed by atoms with van der Waals surface area (Å²) < 4.78 is 2.16. The van der Waals surface area contributed by atoms with Gasteiger partial charge in [-0.15, -0.1) is 0 Å². The Morgan fingerprint density at radius 3 is 2.91 bits per heavy atom. The number of nitrogens with one attached hydrogen (secondary N) is 1. The molecule has 0 aliphatic carbocycles. The van der Waals surface area contributed by atoms with Crippen molar-refractivity contribution in [2.45, 2.75) is 31.8 Å². The monoisotopic (exact) mass is 298 g/mol. The second-order valence-electron chi connectivity index (χ2n) is 6.13. The molecular weight excluding hydrogens is 272 g/mol. The zero-order chi connectivity index (χ0) is 15.0. The molecule has 4 nitrogen and oxygen atoms in total. The number of hydrogen-bond donors (Lipinski definition) is 1. The van der Waals surface area contributed by atoms with Gasteiger partial charge in [0.05, 0.1) is 6.33 Å². The molecule has 22 heavy (non-hydrogen) atoms. The van der Waals surface area contributed by atoms with E-state index in [1.54, 1.807) is 0 Å². The van der Waals surface area contributed by atoms with Gasteiger partial charge in [-0.1, -0.05) is 30.3 Å². The van der Waals surface area contributed by atoms with Crippen LogP contribution in [0.5, 0.6) is 0 Å². The van der Waals surface area contributed by atoms with Crippen molar-refractivity contribution in [2.24, 2.45) is 0 Å². The Balaban J connectivity index is 1.37. The maximum Gasteiger partial charge on any atom is 0.0946 e. The van der Waals surface area contributed by atoms with Gasteiger partial charge in [0.15, 0.2) is 0 Å². The highest BCUT2D eigenvalue weighted by Gasteiger charge is 2.18. The zero-order valence-corrected chi connectivity index (χ0v) is 13.2. The standard InChI is InChI=1S/C18H26N4/c1-2-5-17(6-3-1)7-4-8-18-15-21(12-10-20-18)13-14-22-11-9-19-16-22/h1-3,5-6,9,11,16,18,20H,4,7-8,10,12-15H2. The van der Waals surface area contributed by atoms with Gasteiger partial charge in [0.1, 0.15) is 0 Å². The van der Waals surface area contributed by atoms with Crippen LogP contribution in [0.1, 0.15) is 18.4 Å². The molecule has 1 aromatic heterocycles. The summed E-state index contributed by atoms with van der Waals surface area (Å²) in [6, 6.07) is 11.4. The Kier molecular flexibility index (Phi) is 5.62. The van der Waals surface area contributed by atoms with E-state index in [0.717, 1.165) is 26.2 Å². The summed E-state index contributed by atoms with van der Waals surface area (Å²) in [5.41, 5.74) is 1.45. The molecule has 2 heterocycles. The average Bonchev–Trinajstić information content (AvgIpc) is 3.08. The highest BCUT2D eigenvalue weighted by molar-refractivity contribution is 5.14. The first-order valence-electron chi connectivity index (χ1n) is 8.35. The minimum atomic E-state index is 0.639. The van der Waals surface area contributed by atoms with E-state index in [0.29, 0.717) is 6.04 Å². The molecule has 118 valence electrons. The lowest BCUT2D eigenvalue weighted by Gasteiger charge is -2.33. The first-order valence-corrected chi connectivity index (χ1v) is 8.35. The Morgan fingerprint density at radius 1 is 1.18 bits per heavy atom. The molecule has 0 saturated carbocycles. The largest absolute Gasteiger partial charge is 0.336 e. The van der Waals surface area contributed by atoms with Crippen LogP contribution in [-0.4, -0.2) is 46.7 Å². The van der Waals surface area contributed by atoms with Crippen LogP contribution in [0.15, 0.2) is 49.1 Å². The fourth-order valence-corrected chi connectivity index (χ4v) is 3.16. The third kappa shape index (κ3) is 4.68. The van der Waals surface area contributed by atoms with Gasteiger partial charge in [0.2, 0.25) is 0 Å². The molecule has 1 unspecified atom stereocenters. The van der Waals surface area contributed by atoms with Gasteiger partial charge in [0.25, 0.3) is 0 Å². The number of benzene rings is 1. The number of nitrogens with zero attached hydrogens (tertiary/aromatic N) is 3. The number of rotatable bonds is 7. The third-order valence-electron chi connectivity index (χ3n) is 4.43. The van der Waals surface area contributed by atoms with Crippen LogP contribution >= 0.6 is 0 Å². The van der Waals surface area contributed by atoms with Crippen molar-refractivity contribution >= 4 is 0 Å². The summed E-state index contributed by atoms with van der Waals surface area (Å²) in [6.07, 6.45) is 9.50. The van der Waals surface area contributed by atoms with Crippen molar-refractivity contribution < 1.29 is 0 Å². The van der Waals surface area contributed by atoms with Crippen molar-refractivity contribution in [1.29, 1.82) is 0 Å². The Morgan fingerprint density at radius 2 is 2.09 bits per heavy atom. The molecular formula is C18H26N4. The predicted octanol–water partition coefficient (Wildman–Crippen LogP) is 2.18. The first-order chi connectivity index (χ1) is 10.9. The molecule has 1 aliphatic rings. The van der Waals surface area contributed by atoms with Crippen molar-refractivity contribution in [2.75, 3.05) is 26.2 Å². The topological polar surface area (TPSA) is 33.1 Å². The minimum absolute atomic E-state index is 0.639. The van der Waals surface area contributed by atoms with E-state index in [9.17, 15) is 0 Å². The van der Waals surface area contributed by atoms with Crippen molar-refractivity contribution in [3.8, 4) is 0 Å². The number of aryl methyl sites for hydroxylation is 1. The van der Waals surface area contributed by atoms with Crippen LogP contribution < -0.4 is 5.32 Å². The van der Waals surface area contributed by atoms with Crippen LogP contribution in [0.3, 0.4) is 0 Å².